The molecule has 1 heterocycles. The number of nitrogens with one attached hydrogen (secondary N) is 1. The van der Waals surface area contributed by atoms with Crippen LogP contribution in [0.2, 0.25) is 0 Å². The molecule has 0 unspecified atom stereocenters. The Morgan fingerprint density at radius 2 is 2.25 bits per heavy atom. The van der Waals surface area contributed by atoms with Crippen LogP contribution in [-0.4, -0.2) is 22.4 Å². The number of aryl methyl sites for hydroxylation is 3. The molecule has 0 spiro atoms. The van der Waals surface area contributed by atoms with E-state index in [4.69, 9.17) is 0 Å². The normalized spacial score (nSPS) is 15.6. The first-order valence-corrected chi connectivity index (χ1v) is 6.62. The summed E-state index contributed by atoms with van der Waals surface area (Å²) in [6.07, 6.45) is 6.19. The molecule has 1 saturated carbocycles. The third-order valence-electron chi connectivity index (χ3n) is 3.20. The zero-order valence-corrected chi connectivity index (χ0v) is 10.5. The van der Waals surface area contributed by atoms with Crippen LogP contribution in [0.15, 0.2) is 6.07 Å². The van der Waals surface area contributed by atoms with Crippen LogP contribution in [0.5, 0.6) is 0 Å². The van der Waals surface area contributed by atoms with Gasteiger partial charge in [-0.1, -0.05) is 6.92 Å². The van der Waals surface area contributed by atoms with Crippen molar-refractivity contribution in [1.29, 1.82) is 0 Å². The van der Waals surface area contributed by atoms with Crippen LogP contribution < -0.4 is 5.32 Å². The van der Waals surface area contributed by atoms with Crippen molar-refractivity contribution in [1.82, 2.24) is 15.1 Å². The Morgan fingerprint density at radius 3 is 2.88 bits per heavy atom. The van der Waals surface area contributed by atoms with Gasteiger partial charge in [-0.15, -0.1) is 0 Å². The van der Waals surface area contributed by atoms with Gasteiger partial charge in [0.05, 0.1) is 5.69 Å². The summed E-state index contributed by atoms with van der Waals surface area (Å²) in [6, 6.07) is 3.10. The molecule has 3 heteroatoms. The average Bonchev–Trinajstić information content (AvgIpc) is 3.04. The second-order valence-corrected chi connectivity index (χ2v) is 4.63. The summed E-state index contributed by atoms with van der Waals surface area (Å²) in [7, 11) is 0. The molecule has 2 rings (SSSR count). The summed E-state index contributed by atoms with van der Waals surface area (Å²) in [4.78, 5) is 0. The molecule has 1 aromatic rings. The maximum Gasteiger partial charge on any atom is 0.0624 e. The van der Waals surface area contributed by atoms with Crippen LogP contribution >= 0.6 is 0 Å². The predicted octanol–water partition coefficient (Wildman–Crippen LogP) is 2.15. The van der Waals surface area contributed by atoms with Crippen LogP contribution in [0.3, 0.4) is 0 Å². The first-order chi connectivity index (χ1) is 7.83. The Bertz CT molecular complexity index is 326. The Morgan fingerprint density at radius 1 is 1.44 bits per heavy atom. The number of hydrogen-bond acceptors (Lipinski definition) is 2. The molecular weight excluding hydrogens is 198 g/mol. The molecule has 3 nitrogen and oxygen atoms in total. The zero-order valence-electron chi connectivity index (χ0n) is 10.5. The van der Waals surface area contributed by atoms with E-state index in [0.29, 0.717) is 0 Å². The summed E-state index contributed by atoms with van der Waals surface area (Å²) in [5.74, 6) is 0. The van der Waals surface area contributed by atoms with Crippen molar-refractivity contribution in [3.8, 4) is 0 Å². The zero-order chi connectivity index (χ0) is 11.4. The third-order valence-corrected chi connectivity index (χ3v) is 3.20. The van der Waals surface area contributed by atoms with Crippen LogP contribution in [0.4, 0.5) is 0 Å². The van der Waals surface area contributed by atoms with E-state index in [0.717, 1.165) is 32.0 Å². The van der Waals surface area contributed by atoms with Crippen LogP contribution in [0.1, 0.15) is 44.5 Å². The van der Waals surface area contributed by atoms with E-state index in [1.54, 1.807) is 0 Å². The van der Waals surface area contributed by atoms with Crippen LogP contribution in [-0.2, 0) is 19.4 Å². The molecule has 1 N–H and O–H groups in total. The Hall–Kier alpha value is -0.830. The Kier molecular flexibility index (Phi) is 3.99. The molecule has 1 fully saturated rings. The average molecular weight is 221 g/mol. The van der Waals surface area contributed by atoms with Gasteiger partial charge in [-0.05, 0) is 51.6 Å². The number of hydrogen-bond donors (Lipinski definition) is 1. The van der Waals surface area contributed by atoms with Crippen molar-refractivity contribution < 1.29 is 0 Å². The number of aromatic nitrogens is 2. The smallest absolute Gasteiger partial charge is 0.0624 e. The van der Waals surface area contributed by atoms with E-state index in [1.165, 1.54) is 30.7 Å². The molecule has 0 amide bonds. The second-order valence-electron chi connectivity index (χ2n) is 4.63. The highest BCUT2D eigenvalue weighted by Crippen LogP contribution is 2.18. The largest absolute Gasteiger partial charge is 0.314 e. The lowest BCUT2D eigenvalue weighted by atomic mass is 10.2. The van der Waals surface area contributed by atoms with Crippen molar-refractivity contribution in [2.45, 2.75) is 58.5 Å². The summed E-state index contributed by atoms with van der Waals surface area (Å²) < 4.78 is 2.15. The standard InChI is InChI=1S/C13H23N3/c1-3-11-10-13(16(4-2)15-11)6-5-9-14-12-7-8-12/h10,12,14H,3-9H2,1-2H3. The highest BCUT2D eigenvalue weighted by molar-refractivity contribution is 5.10. The number of nitrogens with zero attached hydrogens (tertiary/aromatic N) is 2. The monoisotopic (exact) mass is 221 g/mol. The van der Waals surface area contributed by atoms with E-state index in [2.05, 4.69) is 35.0 Å². The van der Waals surface area contributed by atoms with Gasteiger partial charge >= 0.3 is 0 Å². The van der Waals surface area contributed by atoms with E-state index >= 15 is 0 Å². The summed E-state index contributed by atoms with van der Waals surface area (Å²) in [6.45, 7) is 6.48. The minimum absolute atomic E-state index is 0.835. The lowest BCUT2D eigenvalue weighted by Crippen LogP contribution is -2.18. The van der Waals surface area contributed by atoms with Gasteiger partial charge in [-0.3, -0.25) is 4.68 Å². The summed E-state index contributed by atoms with van der Waals surface area (Å²) in [5.41, 5.74) is 2.63. The molecule has 0 bridgehead atoms. The van der Waals surface area contributed by atoms with Gasteiger partial charge in [-0.2, -0.15) is 5.10 Å². The summed E-state index contributed by atoms with van der Waals surface area (Å²) in [5, 5.41) is 8.13. The van der Waals surface area contributed by atoms with Gasteiger partial charge in [-0.25, -0.2) is 0 Å². The van der Waals surface area contributed by atoms with Crippen LogP contribution in [0, 0.1) is 0 Å². The molecule has 1 aromatic heterocycles. The molecule has 0 aliphatic heterocycles. The molecular formula is C13H23N3. The molecule has 0 atom stereocenters. The predicted molar refractivity (Wildman–Crippen MR) is 66.6 cm³/mol. The quantitative estimate of drug-likeness (QED) is 0.715. The Labute approximate surface area is 98.2 Å². The molecule has 0 saturated heterocycles. The molecule has 0 radical (unpaired) electrons. The minimum atomic E-state index is 0.835. The highest BCUT2D eigenvalue weighted by atomic mass is 15.3. The lowest BCUT2D eigenvalue weighted by Gasteiger charge is -2.05. The third kappa shape index (κ3) is 3.08. The van der Waals surface area contributed by atoms with Crippen molar-refractivity contribution >= 4 is 0 Å². The van der Waals surface area contributed by atoms with E-state index < -0.39 is 0 Å². The SMILES string of the molecule is CCc1cc(CCCNC2CC2)n(CC)n1. The van der Waals surface area contributed by atoms with Gasteiger partial charge < -0.3 is 5.32 Å². The topological polar surface area (TPSA) is 29.9 Å². The fourth-order valence-corrected chi connectivity index (χ4v) is 2.03. The van der Waals surface area contributed by atoms with Gasteiger partial charge in [0.25, 0.3) is 0 Å². The van der Waals surface area contributed by atoms with Gasteiger partial charge in [0.1, 0.15) is 0 Å². The van der Waals surface area contributed by atoms with E-state index in [9.17, 15) is 0 Å². The summed E-state index contributed by atoms with van der Waals surface area (Å²) >= 11 is 0. The van der Waals surface area contributed by atoms with Crippen LogP contribution in [0.25, 0.3) is 0 Å². The van der Waals surface area contributed by atoms with Gasteiger partial charge in [0.15, 0.2) is 0 Å². The highest BCUT2D eigenvalue weighted by Gasteiger charge is 2.19. The van der Waals surface area contributed by atoms with Crippen molar-refractivity contribution in [2.24, 2.45) is 0 Å². The molecule has 16 heavy (non-hydrogen) atoms. The molecule has 0 aromatic carbocycles. The maximum absolute atomic E-state index is 4.57. The van der Waals surface area contributed by atoms with Gasteiger partial charge in [0.2, 0.25) is 0 Å². The van der Waals surface area contributed by atoms with E-state index in [-0.39, 0.29) is 0 Å². The second kappa shape index (κ2) is 5.48. The molecule has 1 aliphatic rings. The fraction of sp³-hybridized carbons (Fsp3) is 0.769. The fourth-order valence-electron chi connectivity index (χ4n) is 2.03. The first-order valence-electron chi connectivity index (χ1n) is 6.62. The molecule has 90 valence electrons. The van der Waals surface area contributed by atoms with Gasteiger partial charge in [0, 0.05) is 18.3 Å². The van der Waals surface area contributed by atoms with E-state index in [1.807, 2.05) is 0 Å². The maximum atomic E-state index is 4.57. The van der Waals surface area contributed by atoms with Crippen molar-refractivity contribution in [3.05, 3.63) is 17.5 Å². The Balaban J connectivity index is 1.79. The minimum Gasteiger partial charge on any atom is -0.314 e. The van der Waals surface area contributed by atoms with Crippen molar-refractivity contribution in [3.63, 3.8) is 0 Å². The lowest BCUT2D eigenvalue weighted by molar-refractivity contribution is 0.585. The number of rotatable bonds is 7. The van der Waals surface area contributed by atoms with Crippen molar-refractivity contribution in [2.75, 3.05) is 6.54 Å². The molecule has 1 aliphatic carbocycles. The first kappa shape index (κ1) is 11.6.